The molecule has 0 radical (unpaired) electrons. The van der Waals surface area contributed by atoms with Crippen LogP contribution in [-0.2, 0) is 9.53 Å². The van der Waals surface area contributed by atoms with Gasteiger partial charge in [0.15, 0.2) is 0 Å². The molecule has 0 unspecified atom stereocenters. The highest BCUT2D eigenvalue weighted by Crippen LogP contribution is 2.18. The van der Waals surface area contributed by atoms with Crippen molar-refractivity contribution < 1.29 is 9.53 Å². The number of rotatable bonds is 4. The van der Waals surface area contributed by atoms with Crippen molar-refractivity contribution in [1.29, 1.82) is 0 Å². The molecule has 6 heteroatoms. The van der Waals surface area contributed by atoms with Gasteiger partial charge >= 0.3 is 0 Å². The van der Waals surface area contributed by atoms with Crippen LogP contribution in [0.15, 0.2) is 0 Å². The number of anilines is 1. The molecule has 2 rings (SSSR count). The molecule has 1 saturated heterocycles. The van der Waals surface area contributed by atoms with Crippen LogP contribution in [0.1, 0.15) is 30.7 Å². The number of ether oxygens (including phenoxy) is 1. The Morgan fingerprint density at radius 1 is 1.62 bits per heavy atom. The molecule has 1 aromatic rings. The SMILES string of the molecule is Cc1nnc(NC(=O)CC[C@@H]2CCCO2)s1. The van der Waals surface area contributed by atoms with Crippen molar-refractivity contribution in [3.63, 3.8) is 0 Å². The van der Waals surface area contributed by atoms with E-state index in [2.05, 4.69) is 15.5 Å². The molecule has 1 aliphatic rings. The third-order valence-electron chi connectivity index (χ3n) is 2.49. The zero-order valence-corrected chi connectivity index (χ0v) is 10.0. The highest BCUT2D eigenvalue weighted by atomic mass is 32.1. The number of nitrogens with zero attached hydrogens (tertiary/aromatic N) is 2. The molecule has 1 fully saturated rings. The van der Waals surface area contributed by atoms with Crippen molar-refractivity contribution in [1.82, 2.24) is 10.2 Å². The molecule has 0 spiro atoms. The van der Waals surface area contributed by atoms with Crippen LogP contribution in [0.5, 0.6) is 0 Å². The average molecular weight is 241 g/mol. The van der Waals surface area contributed by atoms with Crippen molar-refractivity contribution in [2.45, 2.75) is 38.7 Å². The largest absolute Gasteiger partial charge is 0.378 e. The molecular formula is C10H15N3O2S. The maximum atomic E-state index is 11.6. The minimum atomic E-state index is -0.00773. The van der Waals surface area contributed by atoms with Gasteiger partial charge in [0.2, 0.25) is 11.0 Å². The smallest absolute Gasteiger partial charge is 0.226 e. The first kappa shape index (κ1) is 11.5. The van der Waals surface area contributed by atoms with Gasteiger partial charge in [-0.3, -0.25) is 4.79 Å². The summed E-state index contributed by atoms with van der Waals surface area (Å²) in [6.45, 7) is 2.70. The minimum absolute atomic E-state index is 0.00773. The number of hydrogen-bond donors (Lipinski definition) is 1. The lowest BCUT2D eigenvalue weighted by atomic mass is 10.1. The van der Waals surface area contributed by atoms with Crippen LogP contribution in [0.25, 0.3) is 0 Å². The van der Waals surface area contributed by atoms with E-state index in [0.717, 1.165) is 30.9 Å². The summed E-state index contributed by atoms with van der Waals surface area (Å²) in [5, 5.41) is 11.8. The van der Waals surface area contributed by atoms with Crippen molar-refractivity contribution in [3.8, 4) is 0 Å². The van der Waals surface area contributed by atoms with Crippen molar-refractivity contribution in [3.05, 3.63) is 5.01 Å². The molecule has 1 aromatic heterocycles. The Bertz CT molecular complexity index is 361. The second kappa shape index (κ2) is 5.36. The quantitative estimate of drug-likeness (QED) is 0.872. The fourth-order valence-corrected chi connectivity index (χ4v) is 2.30. The van der Waals surface area contributed by atoms with Crippen molar-refractivity contribution >= 4 is 22.4 Å². The summed E-state index contributed by atoms with van der Waals surface area (Å²) in [5.41, 5.74) is 0. The van der Waals surface area contributed by atoms with E-state index in [1.807, 2.05) is 6.92 Å². The predicted octanol–water partition coefficient (Wildman–Crippen LogP) is 1.74. The van der Waals surface area contributed by atoms with Crippen molar-refractivity contribution in [2.75, 3.05) is 11.9 Å². The summed E-state index contributed by atoms with van der Waals surface area (Å²) in [6, 6.07) is 0. The van der Waals surface area contributed by atoms with Gasteiger partial charge in [-0.15, -0.1) is 10.2 Å². The number of carbonyl (C=O) groups excluding carboxylic acids is 1. The van der Waals surface area contributed by atoms with Crippen LogP contribution in [0.2, 0.25) is 0 Å². The fraction of sp³-hybridized carbons (Fsp3) is 0.700. The summed E-state index contributed by atoms with van der Waals surface area (Å²) in [4.78, 5) is 11.6. The summed E-state index contributed by atoms with van der Waals surface area (Å²) in [5.74, 6) is -0.00773. The molecule has 1 N–H and O–H groups in total. The Morgan fingerprint density at radius 3 is 3.12 bits per heavy atom. The fourth-order valence-electron chi connectivity index (χ4n) is 1.69. The van der Waals surface area contributed by atoms with Gasteiger partial charge in [-0.1, -0.05) is 11.3 Å². The van der Waals surface area contributed by atoms with Crippen LogP contribution in [0, 0.1) is 6.92 Å². The van der Waals surface area contributed by atoms with Gasteiger partial charge in [0.1, 0.15) is 5.01 Å². The molecule has 1 amide bonds. The number of carbonyl (C=O) groups is 1. The molecule has 16 heavy (non-hydrogen) atoms. The van der Waals surface area contributed by atoms with Gasteiger partial charge in [-0.05, 0) is 26.2 Å². The summed E-state index contributed by atoms with van der Waals surface area (Å²) in [6.07, 6.45) is 3.74. The number of amides is 1. The average Bonchev–Trinajstić information content (AvgIpc) is 2.87. The van der Waals surface area contributed by atoms with Crippen LogP contribution in [0.3, 0.4) is 0 Å². The lowest BCUT2D eigenvalue weighted by Gasteiger charge is -2.07. The maximum absolute atomic E-state index is 11.6. The molecule has 0 saturated carbocycles. The Labute approximate surface area is 98.2 Å². The van der Waals surface area contributed by atoms with E-state index in [1.165, 1.54) is 11.3 Å². The second-order valence-corrected chi connectivity index (χ2v) is 5.03. The van der Waals surface area contributed by atoms with E-state index in [0.29, 0.717) is 11.6 Å². The van der Waals surface area contributed by atoms with Crippen LogP contribution in [0.4, 0.5) is 5.13 Å². The van der Waals surface area contributed by atoms with Gasteiger partial charge in [-0.2, -0.15) is 0 Å². The first-order valence-corrected chi connectivity index (χ1v) is 6.27. The predicted molar refractivity (Wildman–Crippen MR) is 61.5 cm³/mol. The summed E-state index contributed by atoms with van der Waals surface area (Å²) in [7, 11) is 0. The van der Waals surface area contributed by atoms with Gasteiger partial charge in [-0.25, -0.2) is 0 Å². The molecule has 0 aliphatic carbocycles. The van der Waals surface area contributed by atoms with E-state index in [1.54, 1.807) is 0 Å². The third-order valence-corrected chi connectivity index (χ3v) is 3.24. The number of hydrogen-bond acceptors (Lipinski definition) is 5. The molecule has 88 valence electrons. The molecular weight excluding hydrogens is 226 g/mol. The molecule has 1 atom stereocenters. The molecule has 2 heterocycles. The van der Waals surface area contributed by atoms with Crippen molar-refractivity contribution in [2.24, 2.45) is 0 Å². The number of nitrogens with one attached hydrogen (secondary N) is 1. The third kappa shape index (κ3) is 3.24. The van der Waals surface area contributed by atoms with E-state index in [9.17, 15) is 4.79 Å². The summed E-state index contributed by atoms with van der Waals surface area (Å²) >= 11 is 1.39. The second-order valence-electron chi connectivity index (χ2n) is 3.85. The maximum Gasteiger partial charge on any atom is 0.226 e. The zero-order valence-electron chi connectivity index (χ0n) is 9.23. The molecule has 0 bridgehead atoms. The number of aromatic nitrogens is 2. The highest BCUT2D eigenvalue weighted by Gasteiger charge is 2.17. The van der Waals surface area contributed by atoms with Gasteiger partial charge in [0.25, 0.3) is 0 Å². The van der Waals surface area contributed by atoms with Gasteiger partial charge in [0.05, 0.1) is 6.10 Å². The minimum Gasteiger partial charge on any atom is -0.378 e. The van der Waals surface area contributed by atoms with Crippen LogP contribution in [-0.4, -0.2) is 28.8 Å². The van der Waals surface area contributed by atoms with E-state index >= 15 is 0 Å². The molecule has 5 nitrogen and oxygen atoms in total. The topological polar surface area (TPSA) is 64.1 Å². The standard InChI is InChI=1S/C10H15N3O2S/c1-7-12-13-10(16-7)11-9(14)5-4-8-3-2-6-15-8/h8H,2-6H2,1H3,(H,11,13,14)/t8-/m0/s1. The monoisotopic (exact) mass is 241 g/mol. The first-order chi connectivity index (χ1) is 7.74. The summed E-state index contributed by atoms with van der Waals surface area (Å²) < 4.78 is 5.45. The Morgan fingerprint density at radius 2 is 2.50 bits per heavy atom. The zero-order chi connectivity index (χ0) is 11.4. The van der Waals surface area contributed by atoms with Gasteiger partial charge < -0.3 is 10.1 Å². The highest BCUT2D eigenvalue weighted by molar-refractivity contribution is 7.15. The van der Waals surface area contributed by atoms with E-state index in [-0.39, 0.29) is 12.0 Å². The first-order valence-electron chi connectivity index (χ1n) is 5.45. The van der Waals surface area contributed by atoms with Crippen LogP contribution >= 0.6 is 11.3 Å². The van der Waals surface area contributed by atoms with E-state index < -0.39 is 0 Å². The van der Waals surface area contributed by atoms with Crippen LogP contribution < -0.4 is 5.32 Å². The Kier molecular flexibility index (Phi) is 3.84. The van der Waals surface area contributed by atoms with E-state index in [4.69, 9.17) is 4.74 Å². The molecule has 1 aliphatic heterocycles. The lowest BCUT2D eigenvalue weighted by molar-refractivity contribution is -0.116. The lowest BCUT2D eigenvalue weighted by Crippen LogP contribution is -2.15. The molecule has 0 aromatic carbocycles. The Balaban J connectivity index is 1.71. The normalized spacial score (nSPS) is 19.9. The number of aryl methyl sites for hydroxylation is 1. The Hall–Kier alpha value is -1.01. The van der Waals surface area contributed by atoms with Gasteiger partial charge in [0, 0.05) is 13.0 Å².